The van der Waals surface area contributed by atoms with Crippen LogP contribution in [0, 0.1) is 0 Å². The van der Waals surface area contributed by atoms with E-state index >= 15 is 0 Å². The molecule has 0 N–H and O–H groups in total. The Balaban J connectivity index is -0.00000000500. The van der Waals surface area contributed by atoms with Crippen LogP contribution in [-0.2, 0) is 3.78 Å². The minimum absolute atomic E-state index is 0. The number of hydrogen-bond donors (Lipinski definition) is 0. The van der Waals surface area contributed by atoms with Gasteiger partial charge in [-0.25, -0.2) is 0 Å². The summed E-state index contributed by atoms with van der Waals surface area (Å²) in [6, 6.07) is 0. The molecule has 0 rings (SSSR count). The second kappa shape index (κ2) is 17.7. The van der Waals surface area contributed by atoms with Gasteiger partial charge in [-0.2, -0.15) is 0 Å². The normalized spacial score (nSPS) is 1.00. The molecule has 0 aromatic carbocycles. The molecule has 0 aromatic rings. The van der Waals surface area contributed by atoms with Crippen LogP contribution in [0.25, 0.3) is 0 Å². The monoisotopic (exact) mass is 304 g/mol. The Kier molecular flexibility index (Phi) is 70.7. The first-order valence-electron chi connectivity index (χ1n) is 0.289. The van der Waals surface area contributed by atoms with E-state index < -0.39 is 0 Å². The van der Waals surface area contributed by atoms with Crippen LogP contribution in [-0.4, -0.2) is 85.1 Å². The van der Waals surface area contributed by atoms with E-state index in [4.69, 9.17) is 3.78 Å². The van der Waals surface area contributed by atoms with Crippen molar-refractivity contribution in [1.29, 1.82) is 0 Å². The third kappa shape index (κ3) is 8.82. The zero-order chi connectivity index (χ0) is 2.00. The van der Waals surface area contributed by atoms with Crippen LogP contribution in [0.2, 0.25) is 0 Å². The molecule has 0 saturated heterocycles. The molecule has 0 aromatic heterocycles. The van der Waals surface area contributed by atoms with Crippen molar-refractivity contribution in [3.63, 3.8) is 0 Å². The van der Waals surface area contributed by atoms with Gasteiger partial charge < -0.3 is 0 Å². The fourth-order valence-electron chi connectivity index (χ4n) is 0. The Morgan fingerprint density at radius 3 is 1.25 bits per heavy atom. The summed E-state index contributed by atoms with van der Waals surface area (Å²) in [5, 5.41) is 0. The molecule has 1 nitrogen and oxygen atoms in total. The fraction of sp³-hybridized carbons (Fsp3) is 0. The summed E-state index contributed by atoms with van der Waals surface area (Å²) in [7, 11) is 0. The van der Waals surface area contributed by atoms with Gasteiger partial charge in [0.05, 0.1) is 0 Å². The van der Waals surface area contributed by atoms with Gasteiger partial charge in [0.2, 0.25) is 0 Å². The molecule has 0 heterocycles. The van der Waals surface area contributed by atoms with E-state index in [-0.39, 0.29) is 85.1 Å². The van der Waals surface area contributed by atoms with Gasteiger partial charge in [0.15, 0.2) is 0 Å². The van der Waals surface area contributed by atoms with Gasteiger partial charge in [-0.05, 0) is 0 Å². The van der Waals surface area contributed by atoms with E-state index in [1.165, 1.54) is 0 Å². The Morgan fingerprint density at radius 2 is 1.25 bits per heavy atom. The van der Waals surface area contributed by atoms with Gasteiger partial charge in [-0.1, -0.05) is 0 Å². The third-order valence-corrected chi connectivity index (χ3v) is 0. The molecule has 0 aliphatic carbocycles. The van der Waals surface area contributed by atoms with Crippen LogP contribution in [0.1, 0.15) is 0 Å². The van der Waals surface area contributed by atoms with Crippen molar-refractivity contribution in [1.82, 2.24) is 0 Å². The maximum atomic E-state index is 8.38. The average Bonchev–Trinajstić information content (AvgIpc) is 1.00. The second-order valence-electron chi connectivity index (χ2n) is 0. The molecule has 0 spiro atoms. The predicted molar refractivity (Wildman–Crippen MR) is 27.7 cm³/mol. The number of rotatable bonds is 0. The van der Waals surface area contributed by atoms with Crippen LogP contribution < -0.4 is 0 Å². The van der Waals surface area contributed by atoms with Gasteiger partial charge >= 0.3 is 88.9 Å². The van der Waals surface area contributed by atoms with Crippen molar-refractivity contribution in [3.05, 3.63) is 0 Å². The molecule has 0 aliphatic rings. The van der Waals surface area contributed by atoms with E-state index in [1.54, 1.807) is 0 Å². The van der Waals surface area contributed by atoms with Crippen molar-refractivity contribution in [3.8, 4) is 0 Å². The molecule has 0 radical (unpaired) electrons. The van der Waals surface area contributed by atoms with Crippen LogP contribution in [0.3, 0.4) is 0 Å². The van der Waals surface area contributed by atoms with Gasteiger partial charge in [0, 0.05) is 0 Å². The average molecular weight is 303 g/mol. The molecule has 0 amide bonds. The first-order chi connectivity index (χ1) is 1.00. The van der Waals surface area contributed by atoms with Crippen molar-refractivity contribution in [2.45, 2.75) is 0 Å². The summed E-state index contributed by atoms with van der Waals surface area (Å²) in [4.78, 5) is 0. The molecule has 0 fully saturated rings. The first kappa shape index (κ1) is 16.0. The molecule has 0 saturated carbocycles. The van der Waals surface area contributed by atoms with Gasteiger partial charge in [0.25, 0.3) is 0 Å². The molecule has 0 aliphatic heterocycles. The van der Waals surface area contributed by atoms with E-state index in [2.05, 4.69) is 0 Å². The third-order valence-electron chi connectivity index (χ3n) is 0. The van der Waals surface area contributed by atoms with Crippen molar-refractivity contribution in [2.75, 3.05) is 0 Å². The Bertz CT molecular complexity index is 8.00. The fourth-order valence-corrected chi connectivity index (χ4v) is 0. The Morgan fingerprint density at radius 1 is 1.25 bits per heavy atom. The van der Waals surface area contributed by atoms with Crippen LogP contribution in [0.4, 0.5) is 0 Å². The minimum atomic E-state index is 0. The summed E-state index contributed by atoms with van der Waals surface area (Å²) in [5.74, 6) is 0. The quantitative estimate of drug-likeness (QED) is 0.433. The topological polar surface area (TPSA) is 17.1 Å². The maximum absolute atomic E-state index is 8.38. The molecule has 4 heteroatoms. The second-order valence-corrected chi connectivity index (χ2v) is 0. The van der Waals surface area contributed by atoms with E-state index in [0.29, 0.717) is 0 Å². The zero-order valence-corrected chi connectivity index (χ0v) is 4.08. The van der Waals surface area contributed by atoms with Crippen molar-refractivity contribution in [2.24, 2.45) is 0 Å². The summed E-state index contributed by atoms with van der Waals surface area (Å²) >= 11 is 0.125. The van der Waals surface area contributed by atoms with Crippen LogP contribution >= 0.6 is 0 Å². The molecule has 0 atom stereocenters. The molecule has 0 unspecified atom stereocenters. The molecule has 0 bridgehead atoms. The Labute approximate surface area is 86.9 Å². The standard InChI is InChI=1S/Ba.Ga.GeH2O.5H/c;;1-2;;;;;/h;;1H2;;;;;. The SMILES string of the molecule is [BaH2].[GaH3].[O]=[GeH2]. The van der Waals surface area contributed by atoms with Crippen LogP contribution in [0.15, 0.2) is 0 Å². The summed E-state index contributed by atoms with van der Waals surface area (Å²) in [5.41, 5.74) is 0. The van der Waals surface area contributed by atoms with E-state index in [1.807, 2.05) is 0 Å². The van der Waals surface area contributed by atoms with E-state index in [9.17, 15) is 0 Å². The molecular weight excluding hydrogens is 296 g/mol. The van der Waals surface area contributed by atoms with Gasteiger partial charge in [-0.3, -0.25) is 0 Å². The van der Waals surface area contributed by atoms with E-state index in [0.717, 1.165) is 0 Å². The van der Waals surface area contributed by atoms with Crippen LogP contribution in [0.5, 0.6) is 0 Å². The Hall–Kier alpha value is 2.55. The molecular formula is H7BaGaGeO. The number of hydrogen-bond acceptors (Lipinski definition) is 1. The van der Waals surface area contributed by atoms with Gasteiger partial charge in [-0.15, -0.1) is 0 Å². The van der Waals surface area contributed by atoms with Crippen molar-refractivity contribution < 1.29 is 3.78 Å². The summed E-state index contributed by atoms with van der Waals surface area (Å²) in [6.45, 7) is 0. The first-order valence-corrected chi connectivity index (χ1v) is 1.50. The zero-order valence-electron chi connectivity index (χ0n) is 1.12. The predicted octanol–water partition coefficient (Wildman–Crippen LogP) is -3.14. The van der Waals surface area contributed by atoms with Crippen molar-refractivity contribution >= 4 is 85.1 Å². The molecule has 4 heavy (non-hydrogen) atoms. The summed E-state index contributed by atoms with van der Waals surface area (Å²) < 4.78 is 8.38. The van der Waals surface area contributed by atoms with Gasteiger partial charge in [0.1, 0.15) is 0 Å². The molecule has 22 valence electrons. The summed E-state index contributed by atoms with van der Waals surface area (Å²) in [6.07, 6.45) is 0.